The Balaban J connectivity index is 1.69. The maximum atomic E-state index is 13.1. The summed E-state index contributed by atoms with van der Waals surface area (Å²) >= 11 is 0. The Hall–Kier alpha value is -2.93. The molecule has 3 heterocycles. The van der Waals surface area contributed by atoms with Crippen molar-refractivity contribution in [2.75, 3.05) is 18.1 Å². The van der Waals surface area contributed by atoms with E-state index in [-0.39, 0.29) is 42.6 Å². The van der Waals surface area contributed by atoms with Crippen molar-refractivity contribution in [2.24, 2.45) is 0 Å². The van der Waals surface area contributed by atoms with E-state index >= 15 is 0 Å². The molecular formula is C21H24N4O3. The number of anilines is 1. The summed E-state index contributed by atoms with van der Waals surface area (Å²) in [6.45, 7) is 4.08. The first-order valence-corrected chi connectivity index (χ1v) is 9.54. The number of carbonyl (C=O) groups is 2. The summed E-state index contributed by atoms with van der Waals surface area (Å²) in [7, 11) is 0. The molecule has 7 nitrogen and oxygen atoms in total. The van der Waals surface area contributed by atoms with Crippen LogP contribution in [0.3, 0.4) is 0 Å². The van der Waals surface area contributed by atoms with Crippen molar-refractivity contribution in [2.45, 2.75) is 37.9 Å². The van der Waals surface area contributed by atoms with E-state index in [0.717, 1.165) is 11.3 Å². The molecule has 2 aromatic rings. The van der Waals surface area contributed by atoms with Crippen molar-refractivity contribution in [1.29, 1.82) is 0 Å². The van der Waals surface area contributed by atoms with Crippen LogP contribution in [0, 0.1) is 0 Å². The number of hydrogen-bond donors (Lipinski definition) is 2. The van der Waals surface area contributed by atoms with Gasteiger partial charge in [0.25, 0.3) is 5.91 Å². The van der Waals surface area contributed by atoms with Crippen molar-refractivity contribution in [1.82, 2.24) is 15.2 Å². The van der Waals surface area contributed by atoms with E-state index in [9.17, 15) is 14.7 Å². The largest absolute Gasteiger partial charge is 0.394 e. The highest BCUT2D eigenvalue weighted by Crippen LogP contribution is 2.48. The molecular weight excluding hydrogens is 356 g/mol. The van der Waals surface area contributed by atoms with Gasteiger partial charge < -0.3 is 15.3 Å². The maximum Gasteiger partial charge on any atom is 0.322 e. The van der Waals surface area contributed by atoms with Gasteiger partial charge in [-0.25, -0.2) is 4.79 Å². The van der Waals surface area contributed by atoms with E-state index in [1.165, 1.54) is 0 Å². The molecule has 0 radical (unpaired) electrons. The first-order chi connectivity index (χ1) is 13.5. The number of aliphatic hydroxyl groups is 1. The fourth-order valence-electron chi connectivity index (χ4n) is 4.31. The van der Waals surface area contributed by atoms with Crippen LogP contribution in [0.25, 0.3) is 0 Å². The van der Waals surface area contributed by atoms with Crippen molar-refractivity contribution in [3.8, 4) is 0 Å². The molecule has 3 amide bonds. The summed E-state index contributed by atoms with van der Waals surface area (Å²) in [5.74, 6) is -0.221. The van der Waals surface area contributed by atoms with Gasteiger partial charge in [-0.15, -0.1) is 0 Å². The average molecular weight is 380 g/mol. The summed E-state index contributed by atoms with van der Waals surface area (Å²) in [5.41, 5.74) is 2.17. The molecule has 7 heteroatoms. The van der Waals surface area contributed by atoms with Gasteiger partial charge in [0.2, 0.25) is 0 Å². The summed E-state index contributed by atoms with van der Waals surface area (Å²) < 4.78 is 0. The van der Waals surface area contributed by atoms with Crippen LogP contribution < -0.4 is 10.2 Å². The maximum absolute atomic E-state index is 13.1. The van der Waals surface area contributed by atoms with Crippen LogP contribution >= 0.6 is 0 Å². The zero-order chi connectivity index (χ0) is 19.8. The van der Waals surface area contributed by atoms with Crippen LogP contribution in [0.2, 0.25) is 0 Å². The number of urea groups is 1. The van der Waals surface area contributed by atoms with Crippen LogP contribution in [0.1, 0.15) is 35.8 Å². The molecule has 0 spiro atoms. The minimum Gasteiger partial charge on any atom is -0.394 e. The zero-order valence-corrected chi connectivity index (χ0v) is 15.9. The number of likely N-dealkylation sites (tertiary alicyclic amines) is 1. The van der Waals surface area contributed by atoms with Crippen molar-refractivity contribution < 1.29 is 14.7 Å². The van der Waals surface area contributed by atoms with Gasteiger partial charge in [0.05, 0.1) is 18.7 Å². The molecule has 0 saturated carbocycles. The second kappa shape index (κ2) is 7.24. The highest BCUT2D eigenvalue weighted by atomic mass is 16.3. The van der Waals surface area contributed by atoms with Gasteiger partial charge in [-0.1, -0.05) is 24.3 Å². The Morgan fingerprint density at radius 2 is 1.96 bits per heavy atom. The van der Waals surface area contributed by atoms with Crippen LogP contribution in [-0.4, -0.2) is 58.2 Å². The third-order valence-corrected chi connectivity index (χ3v) is 5.46. The number of amides is 3. The predicted molar refractivity (Wildman–Crippen MR) is 105 cm³/mol. The van der Waals surface area contributed by atoms with Gasteiger partial charge >= 0.3 is 6.03 Å². The quantitative estimate of drug-likeness (QED) is 0.853. The summed E-state index contributed by atoms with van der Waals surface area (Å²) in [5, 5.41) is 12.9. The van der Waals surface area contributed by atoms with Gasteiger partial charge in [-0.3, -0.25) is 14.7 Å². The Kier molecular flexibility index (Phi) is 4.77. The third kappa shape index (κ3) is 2.92. The number of para-hydroxylation sites is 1. The highest BCUT2D eigenvalue weighted by Gasteiger charge is 2.55. The molecule has 0 bridgehead atoms. The molecule has 1 aromatic carbocycles. The molecule has 0 unspecified atom stereocenters. The Morgan fingerprint density at radius 1 is 1.21 bits per heavy atom. The zero-order valence-electron chi connectivity index (χ0n) is 15.9. The van der Waals surface area contributed by atoms with Gasteiger partial charge in [-0.05, 0) is 37.6 Å². The monoisotopic (exact) mass is 380 g/mol. The summed E-state index contributed by atoms with van der Waals surface area (Å²) in [6.07, 6.45) is 1.58. The molecule has 28 heavy (non-hydrogen) atoms. The van der Waals surface area contributed by atoms with E-state index in [4.69, 9.17) is 0 Å². The lowest BCUT2D eigenvalue weighted by atomic mass is 9.72. The first kappa shape index (κ1) is 18.4. The topological polar surface area (TPSA) is 85.8 Å². The minimum atomic E-state index is -0.323. The standard InChI is InChI=1S/C21H24N4O3/c1-13(2)23-21(28)24-11-17-19(14-7-3-4-9-16(14)24)18(12-26)25(17)20(27)15-8-5-6-10-22-15/h3-10,13,17-19,26H,11-12H2,1-2H3,(H,23,28)/t17-,18-,19+/m0/s1. The first-order valence-electron chi connectivity index (χ1n) is 9.54. The normalized spacial score (nSPS) is 22.9. The van der Waals surface area contributed by atoms with Gasteiger partial charge in [0, 0.05) is 30.4 Å². The smallest absolute Gasteiger partial charge is 0.322 e. The number of benzene rings is 1. The third-order valence-electron chi connectivity index (χ3n) is 5.46. The Morgan fingerprint density at radius 3 is 2.64 bits per heavy atom. The van der Waals surface area contributed by atoms with Gasteiger partial charge in [0.15, 0.2) is 0 Å². The number of aromatic nitrogens is 1. The highest BCUT2D eigenvalue weighted by molar-refractivity contribution is 5.97. The number of rotatable bonds is 3. The lowest BCUT2D eigenvalue weighted by molar-refractivity contribution is -0.0246. The molecule has 1 aromatic heterocycles. The number of fused-ring (bicyclic) bond motifs is 3. The van der Waals surface area contributed by atoms with Gasteiger partial charge in [0.1, 0.15) is 5.69 Å². The number of hydrogen-bond acceptors (Lipinski definition) is 4. The van der Waals surface area contributed by atoms with E-state index in [1.54, 1.807) is 34.2 Å². The number of nitrogens with one attached hydrogen (secondary N) is 1. The molecule has 3 atom stereocenters. The van der Waals surface area contributed by atoms with E-state index in [0.29, 0.717) is 12.2 Å². The van der Waals surface area contributed by atoms with Crippen LogP contribution in [-0.2, 0) is 0 Å². The van der Waals surface area contributed by atoms with E-state index in [2.05, 4.69) is 10.3 Å². The lowest BCUT2D eigenvalue weighted by Crippen LogP contribution is -2.71. The molecule has 2 N–H and O–H groups in total. The van der Waals surface area contributed by atoms with Gasteiger partial charge in [-0.2, -0.15) is 0 Å². The summed E-state index contributed by atoms with van der Waals surface area (Å²) in [6, 6.07) is 12.2. The molecule has 1 fully saturated rings. The number of nitrogens with zero attached hydrogens (tertiary/aromatic N) is 3. The second-order valence-electron chi connectivity index (χ2n) is 7.54. The second-order valence-corrected chi connectivity index (χ2v) is 7.54. The van der Waals surface area contributed by atoms with Crippen LogP contribution in [0.4, 0.5) is 10.5 Å². The minimum absolute atomic E-state index is 0.00281. The summed E-state index contributed by atoms with van der Waals surface area (Å²) in [4.78, 5) is 33.4. The fraction of sp³-hybridized carbons (Fsp3) is 0.381. The molecule has 2 aliphatic rings. The average Bonchev–Trinajstić information content (AvgIpc) is 2.68. The SMILES string of the molecule is CC(C)NC(=O)N1C[C@H]2[C@@H](c3ccccc31)[C@H](CO)N2C(=O)c1ccccn1. The lowest BCUT2D eigenvalue weighted by Gasteiger charge is -2.58. The Labute approximate surface area is 164 Å². The van der Waals surface area contributed by atoms with E-state index < -0.39 is 0 Å². The van der Waals surface area contributed by atoms with Crippen molar-refractivity contribution >= 4 is 17.6 Å². The molecule has 4 rings (SSSR count). The molecule has 0 aliphatic carbocycles. The number of aliphatic hydroxyl groups excluding tert-OH is 1. The predicted octanol–water partition coefficient (Wildman–Crippen LogP) is 1.99. The Bertz CT molecular complexity index is 886. The molecule has 2 aliphatic heterocycles. The van der Waals surface area contributed by atoms with Crippen molar-refractivity contribution in [3.63, 3.8) is 0 Å². The number of carbonyl (C=O) groups excluding carboxylic acids is 2. The molecule has 146 valence electrons. The molecule has 1 saturated heterocycles. The van der Waals surface area contributed by atoms with Crippen LogP contribution in [0.15, 0.2) is 48.7 Å². The van der Waals surface area contributed by atoms with E-state index in [1.807, 2.05) is 38.1 Å². The number of pyridine rings is 1. The van der Waals surface area contributed by atoms with Crippen molar-refractivity contribution in [3.05, 3.63) is 59.9 Å². The van der Waals surface area contributed by atoms with Crippen LogP contribution in [0.5, 0.6) is 0 Å². The fourth-order valence-corrected chi connectivity index (χ4v) is 4.31.